The van der Waals surface area contributed by atoms with E-state index < -0.39 is 9.84 Å². The Kier molecular flexibility index (Phi) is 3.52. The van der Waals surface area contributed by atoms with Crippen LogP contribution in [0, 0.1) is 0 Å². The third-order valence-electron chi connectivity index (χ3n) is 4.16. The molecule has 1 fully saturated rings. The highest BCUT2D eigenvalue weighted by atomic mass is 32.2. The first-order valence-corrected chi connectivity index (χ1v) is 8.85. The molecule has 3 rings (SSSR count). The SMILES string of the molecule is CN(C(=O)C1CNc2ccccc2N1)C1CCS(=O)(=O)C1. The van der Waals surface area contributed by atoms with Gasteiger partial charge in [-0.1, -0.05) is 12.1 Å². The van der Waals surface area contributed by atoms with Gasteiger partial charge >= 0.3 is 0 Å². The van der Waals surface area contributed by atoms with Crippen molar-refractivity contribution in [2.24, 2.45) is 0 Å². The Balaban J connectivity index is 1.69. The van der Waals surface area contributed by atoms with Gasteiger partial charge in [-0.15, -0.1) is 0 Å². The summed E-state index contributed by atoms with van der Waals surface area (Å²) < 4.78 is 23.1. The van der Waals surface area contributed by atoms with Crippen molar-refractivity contribution in [2.75, 3.05) is 35.7 Å². The number of benzene rings is 1. The molecule has 1 amide bonds. The zero-order valence-corrected chi connectivity index (χ0v) is 12.7. The third-order valence-corrected chi connectivity index (χ3v) is 5.91. The van der Waals surface area contributed by atoms with Gasteiger partial charge in [-0.3, -0.25) is 4.79 Å². The number of likely N-dealkylation sites (N-methyl/N-ethyl adjacent to an activating group) is 1. The van der Waals surface area contributed by atoms with Crippen LogP contribution in [0.25, 0.3) is 0 Å². The summed E-state index contributed by atoms with van der Waals surface area (Å²) >= 11 is 0. The fraction of sp³-hybridized carbons (Fsp3) is 0.500. The second-order valence-electron chi connectivity index (χ2n) is 5.63. The highest BCUT2D eigenvalue weighted by Crippen LogP contribution is 2.26. The summed E-state index contributed by atoms with van der Waals surface area (Å²) in [6.45, 7) is 0.500. The Bertz CT molecular complexity index is 659. The fourth-order valence-electron chi connectivity index (χ4n) is 2.87. The van der Waals surface area contributed by atoms with Gasteiger partial charge in [0, 0.05) is 19.6 Å². The average Bonchev–Trinajstić information content (AvgIpc) is 2.85. The molecule has 0 radical (unpaired) electrons. The number of sulfone groups is 1. The number of carbonyl (C=O) groups excluding carboxylic acids is 1. The maximum atomic E-state index is 12.5. The minimum absolute atomic E-state index is 0.0703. The molecule has 0 spiro atoms. The number of hydrogen-bond acceptors (Lipinski definition) is 5. The van der Waals surface area contributed by atoms with Crippen molar-refractivity contribution < 1.29 is 13.2 Å². The highest BCUT2D eigenvalue weighted by molar-refractivity contribution is 7.91. The molecule has 7 heteroatoms. The molecule has 2 atom stereocenters. The number of anilines is 2. The van der Waals surface area contributed by atoms with Crippen LogP contribution in [0.5, 0.6) is 0 Å². The summed E-state index contributed by atoms with van der Waals surface area (Å²) in [6.07, 6.45) is 0.529. The van der Waals surface area contributed by atoms with Crippen LogP contribution >= 0.6 is 0 Å². The van der Waals surface area contributed by atoms with Crippen molar-refractivity contribution in [2.45, 2.75) is 18.5 Å². The second-order valence-corrected chi connectivity index (χ2v) is 7.86. The Labute approximate surface area is 124 Å². The summed E-state index contributed by atoms with van der Waals surface area (Å²) in [5.74, 6) is 0.180. The number of nitrogens with one attached hydrogen (secondary N) is 2. The van der Waals surface area contributed by atoms with Crippen LogP contribution in [0.4, 0.5) is 11.4 Å². The normalized spacial score (nSPS) is 26.3. The van der Waals surface area contributed by atoms with E-state index in [2.05, 4.69) is 10.6 Å². The van der Waals surface area contributed by atoms with Crippen LogP contribution in [0.1, 0.15) is 6.42 Å². The molecule has 0 aromatic heterocycles. The van der Waals surface area contributed by atoms with E-state index in [-0.39, 0.29) is 29.5 Å². The number of nitrogens with zero attached hydrogens (tertiary/aromatic N) is 1. The number of rotatable bonds is 2. The van der Waals surface area contributed by atoms with Crippen molar-refractivity contribution in [3.05, 3.63) is 24.3 Å². The second kappa shape index (κ2) is 5.22. The first kappa shape index (κ1) is 14.2. The van der Waals surface area contributed by atoms with E-state index in [9.17, 15) is 13.2 Å². The molecule has 0 bridgehead atoms. The Hall–Kier alpha value is -1.76. The largest absolute Gasteiger partial charge is 0.381 e. The van der Waals surface area contributed by atoms with E-state index in [4.69, 9.17) is 0 Å². The highest BCUT2D eigenvalue weighted by Gasteiger charge is 2.35. The van der Waals surface area contributed by atoms with E-state index in [0.717, 1.165) is 11.4 Å². The van der Waals surface area contributed by atoms with Gasteiger partial charge in [0.2, 0.25) is 5.91 Å². The molecule has 114 valence electrons. The van der Waals surface area contributed by atoms with Crippen LogP contribution in [0.3, 0.4) is 0 Å². The first-order valence-electron chi connectivity index (χ1n) is 7.03. The maximum Gasteiger partial charge on any atom is 0.246 e. The monoisotopic (exact) mass is 309 g/mol. The van der Waals surface area contributed by atoms with Crippen molar-refractivity contribution in [3.63, 3.8) is 0 Å². The lowest BCUT2D eigenvalue weighted by Crippen LogP contribution is -2.50. The van der Waals surface area contributed by atoms with E-state index in [1.807, 2.05) is 24.3 Å². The topological polar surface area (TPSA) is 78.5 Å². The fourth-order valence-corrected chi connectivity index (χ4v) is 4.64. The molecule has 1 saturated heterocycles. The molecular formula is C14H19N3O3S. The predicted octanol–water partition coefficient (Wildman–Crippen LogP) is 0.538. The van der Waals surface area contributed by atoms with Crippen LogP contribution in [-0.2, 0) is 14.6 Å². The number of para-hydroxylation sites is 2. The van der Waals surface area contributed by atoms with Gasteiger partial charge in [0.1, 0.15) is 6.04 Å². The maximum absolute atomic E-state index is 12.5. The number of fused-ring (bicyclic) bond motifs is 1. The molecule has 2 aliphatic heterocycles. The molecule has 2 unspecified atom stereocenters. The van der Waals surface area contributed by atoms with Gasteiger partial charge in [0.05, 0.1) is 22.9 Å². The summed E-state index contributed by atoms with van der Waals surface area (Å²) in [5, 5.41) is 6.45. The zero-order chi connectivity index (χ0) is 15.0. The molecule has 21 heavy (non-hydrogen) atoms. The third kappa shape index (κ3) is 2.83. The van der Waals surface area contributed by atoms with Gasteiger partial charge in [-0.25, -0.2) is 8.42 Å². The number of amides is 1. The van der Waals surface area contributed by atoms with Gasteiger partial charge in [-0.2, -0.15) is 0 Å². The van der Waals surface area contributed by atoms with Gasteiger partial charge in [0.15, 0.2) is 9.84 Å². The van der Waals surface area contributed by atoms with Crippen molar-refractivity contribution in [3.8, 4) is 0 Å². The zero-order valence-electron chi connectivity index (χ0n) is 11.9. The van der Waals surface area contributed by atoms with Crippen LogP contribution < -0.4 is 10.6 Å². The summed E-state index contributed by atoms with van der Waals surface area (Å²) in [6, 6.07) is 7.14. The van der Waals surface area contributed by atoms with Gasteiger partial charge in [-0.05, 0) is 18.6 Å². The Morgan fingerprint density at radius 1 is 1.29 bits per heavy atom. The van der Waals surface area contributed by atoms with Crippen molar-refractivity contribution in [1.29, 1.82) is 0 Å². The lowest BCUT2D eigenvalue weighted by molar-refractivity contribution is -0.132. The average molecular weight is 309 g/mol. The van der Waals surface area contributed by atoms with Crippen molar-refractivity contribution >= 4 is 27.1 Å². The Morgan fingerprint density at radius 2 is 2.00 bits per heavy atom. The molecule has 0 aliphatic carbocycles. The number of carbonyl (C=O) groups is 1. The lowest BCUT2D eigenvalue weighted by atomic mass is 10.1. The quantitative estimate of drug-likeness (QED) is 0.833. The van der Waals surface area contributed by atoms with Crippen LogP contribution in [0.2, 0.25) is 0 Å². The summed E-state index contributed by atoms with van der Waals surface area (Å²) in [4.78, 5) is 14.1. The molecular weight excluding hydrogens is 290 g/mol. The minimum atomic E-state index is -2.98. The van der Waals surface area contributed by atoms with E-state index in [1.54, 1.807) is 11.9 Å². The van der Waals surface area contributed by atoms with Gasteiger partial charge in [0.25, 0.3) is 0 Å². The van der Waals surface area contributed by atoms with Gasteiger partial charge < -0.3 is 15.5 Å². The first-order chi connectivity index (χ1) is 9.96. The molecule has 2 aliphatic rings. The molecule has 6 nitrogen and oxygen atoms in total. The van der Waals surface area contributed by atoms with E-state index >= 15 is 0 Å². The summed E-state index contributed by atoms with van der Waals surface area (Å²) in [5.41, 5.74) is 1.88. The van der Waals surface area contributed by atoms with Crippen molar-refractivity contribution in [1.82, 2.24) is 4.90 Å². The number of hydrogen-bond donors (Lipinski definition) is 2. The molecule has 1 aromatic rings. The predicted molar refractivity (Wildman–Crippen MR) is 82.2 cm³/mol. The molecule has 1 aromatic carbocycles. The summed E-state index contributed by atoms with van der Waals surface area (Å²) in [7, 11) is -1.29. The standard InChI is InChI=1S/C14H19N3O3S/c1-17(10-6-7-21(19,20)9-10)14(18)13-8-15-11-4-2-3-5-12(11)16-13/h2-5,10,13,15-16H,6-9H2,1H3. The molecule has 2 heterocycles. The molecule has 2 N–H and O–H groups in total. The van der Waals surface area contributed by atoms with Crippen LogP contribution in [0.15, 0.2) is 24.3 Å². The van der Waals surface area contributed by atoms with E-state index in [1.165, 1.54) is 0 Å². The Morgan fingerprint density at radius 3 is 2.67 bits per heavy atom. The van der Waals surface area contributed by atoms with E-state index in [0.29, 0.717) is 13.0 Å². The van der Waals surface area contributed by atoms with Crippen LogP contribution in [-0.4, -0.2) is 56.4 Å². The molecule has 0 saturated carbocycles. The minimum Gasteiger partial charge on any atom is -0.381 e. The lowest BCUT2D eigenvalue weighted by Gasteiger charge is -2.32. The smallest absolute Gasteiger partial charge is 0.246 e.